The highest BCUT2D eigenvalue weighted by Crippen LogP contribution is 2.53. The molecule has 5 atom stereocenters. The van der Waals surface area contributed by atoms with Crippen molar-refractivity contribution in [2.24, 2.45) is 5.92 Å². The molecule has 0 spiro atoms. The van der Waals surface area contributed by atoms with Crippen molar-refractivity contribution >= 4 is 15.7 Å². The molecular formula is C23H28N2O4S. The van der Waals surface area contributed by atoms with Gasteiger partial charge < -0.3 is 14.7 Å². The van der Waals surface area contributed by atoms with Gasteiger partial charge in [-0.2, -0.15) is 0 Å². The highest BCUT2D eigenvalue weighted by Gasteiger charge is 2.50. The van der Waals surface area contributed by atoms with E-state index in [0.717, 1.165) is 29.8 Å². The van der Waals surface area contributed by atoms with Crippen molar-refractivity contribution in [3.63, 3.8) is 0 Å². The molecule has 0 amide bonds. The fourth-order valence-corrected chi connectivity index (χ4v) is 7.30. The molecule has 5 rings (SSSR count). The normalized spacial score (nSPS) is 30.7. The lowest BCUT2D eigenvalue weighted by Crippen LogP contribution is -2.54. The summed E-state index contributed by atoms with van der Waals surface area (Å²) in [7, 11) is 0.00582. The second-order valence-electron chi connectivity index (χ2n) is 8.92. The lowest BCUT2D eigenvalue weighted by Gasteiger charge is -2.49. The van der Waals surface area contributed by atoms with Gasteiger partial charge in [0.15, 0.2) is 0 Å². The average Bonchev–Trinajstić information content (AvgIpc) is 3.13. The Morgan fingerprint density at radius 1 is 1.10 bits per heavy atom. The van der Waals surface area contributed by atoms with Crippen LogP contribution in [0.4, 0.5) is 5.69 Å². The summed E-state index contributed by atoms with van der Waals surface area (Å²) in [6.07, 6.45) is 0.453. The Morgan fingerprint density at radius 2 is 1.83 bits per heavy atom. The molecule has 1 N–H and O–H groups in total. The Hall–Kier alpha value is -2.09. The van der Waals surface area contributed by atoms with Crippen LogP contribution in [0.5, 0.6) is 5.75 Å². The third-order valence-corrected chi connectivity index (χ3v) is 9.01. The smallest absolute Gasteiger partial charge is 0.264 e. The van der Waals surface area contributed by atoms with Crippen LogP contribution in [0.2, 0.25) is 0 Å². The SMILES string of the molecule is COc1ccc(S(=O)(=O)N2C[C@H]3C[C@@H]4[C@@H](c5cccc2c53)[C@H](O)[C@H](C)CN4C)cc1. The van der Waals surface area contributed by atoms with E-state index in [1.807, 2.05) is 12.1 Å². The lowest BCUT2D eigenvalue weighted by molar-refractivity contribution is -0.0188. The first kappa shape index (κ1) is 19.8. The van der Waals surface area contributed by atoms with E-state index in [1.165, 1.54) is 0 Å². The number of aliphatic hydroxyl groups is 1. The van der Waals surface area contributed by atoms with Gasteiger partial charge in [0.25, 0.3) is 10.0 Å². The molecule has 0 unspecified atom stereocenters. The summed E-state index contributed by atoms with van der Waals surface area (Å²) in [6, 6.07) is 12.7. The Morgan fingerprint density at radius 3 is 2.53 bits per heavy atom. The number of anilines is 1. The Kier molecular flexibility index (Phi) is 4.61. The summed E-state index contributed by atoms with van der Waals surface area (Å²) in [4.78, 5) is 2.61. The average molecular weight is 429 g/mol. The van der Waals surface area contributed by atoms with Gasteiger partial charge in [0.1, 0.15) is 5.75 Å². The van der Waals surface area contributed by atoms with Gasteiger partial charge in [0.05, 0.1) is 23.8 Å². The second kappa shape index (κ2) is 6.97. The maximum atomic E-state index is 13.5. The quantitative estimate of drug-likeness (QED) is 0.814. The topological polar surface area (TPSA) is 70.1 Å². The maximum Gasteiger partial charge on any atom is 0.264 e. The van der Waals surface area contributed by atoms with Crippen molar-refractivity contribution in [1.82, 2.24) is 4.90 Å². The first-order valence-electron chi connectivity index (χ1n) is 10.5. The molecular weight excluding hydrogens is 400 g/mol. The third kappa shape index (κ3) is 2.79. The van der Waals surface area contributed by atoms with E-state index in [2.05, 4.69) is 24.9 Å². The number of likely N-dealkylation sites (tertiary alicyclic amines) is 1. The van der Waals surface area contributed by atoms with Crippen LogP contribution in [0, 0.1) is 5.92 Å². The van der Waals surface area contributed by atoms with Gasteiger partial charge in [-0.3, -0.25) is 4.31 Å². The van der Waals surface area contributed by atoms with Gasteiger partial charge in [0.2, 0.25) is 0 Å². The van der Waals surface area contributed by atoms with Crippen LogP contribution >= 0.6 is 0 Å². The number of hydrogen-bond acceptors (Lipinski definition) is 5. The van der Waals surface area contributed by atoms with Crippen LogP contribution < -0.4 is 9.04 Å². The summed E-state index contributed by atoms with van der Waals surface area (Å²) in [5.74, 6) is 0.982. The van der Waals surface area contributed by atoms with Gasteiger partial charge in [-0.25, -0.2) is 8.42 Å². The summed E-state index contributed by atoms with van der Waals surface area (Å²) in [6.45, 7) is 3.40. The van der Waals surface area contributed by atoms with Gasteiger partial charge in [-0.05, 0) is 60.8 Å². The predicted molar refractivity (Wildman–Crippen MR) is 116 cm³/mol. The molecule has 1 aliphatic carbocycles. The molecule has 7 heteroatoms. The van der Waals surface area contributed by atoms with E-state index in [1.54, 1.807) is 35.7 Å². The molecule has 160 valence electrons. The van der Waals surface area contributed by atoms with Crippen molar-refractivity contribution in [3.8, 4) is 5.75 Å². The van der Waals surface area contributed by atoms with Crippen LogP contribution in [0.1, 0.15) is 36.3 Å². The third-order valence-electron chi connectivity index (χ3n) is 7.22. The molecule has 30 heavy (non-hydrogen) atoms. The van der Waals surface area contributed by atoms with E-state index in [0.29, 0.717) is 12.3 Å². The molecule has 1 fully saturated rings. The highest BCUT2D eigenvalue weighted by molar-refractivity contribution is 7.92. The Bertz CT molecular complexity index is 1070. The van der Waals surface area contributed by atoms with Gasteiger partial charge in [-0.1, -0.05) is 19.1 Å². The van der Waals surface area contributed by atoms with Crippen molar-refractivity contribution in [2.45, 2.75) is 42.2 Å². The molecule has 2 heterocycles. The summed E-state index contributed by atoms with van der Waals surface area (Å²) in [5, 5.41) is 11.0. The molecule has 0 bridgehead atoms. The Labute approximate surface area is 178 Å². The molecule has 6 nitrogen and oxygen atoms in total. The molecule has 3 aliphatic rings. The number of methoxy groups -OCH3 is 1. The predicted octanol–water partition coefficient (Wildman–Crippen LogP) is 2.79. The van der Waals surface area contributed by atoms with Crippen LogP contribution in [-0.4, -0.2) is 57.8 Å². The van der Waals surface area contributed by atoms with Crippen LogP contribution in [-0.2, 0) is 10.0 Å². The maximum absolute atomic E-state index is 13.5. The van der Waals surface area contributed by atoms with Gasteiger partial charge in [0, 0.05) is 31.0 Å². The minimum Gasteiger partial charge on any atom is -0.497 e. The van der Waals surface area contributed by atoms with Crippen molar-refractivity contribution < 1.29 is 18.3 Å². The second-order valence-corrected chi connectivity index (χ2v) is 10.8. The zero-order chi connectivity index (χ0) is 21.2. The molecule has 0 aromatic heterocycles. The van der Waals surface area contributed by atoms with E-state index in [9.17, 15) is 13.5 Å². The van der Waals surface area contributed by atoms with Crippen molar-refractivity contribution in [3.05, 3.63) is 53.6 Å². The number of likely N-dealkylation sites (N-methyl/N-ethyl adjacent to an activating group) is 1. The minimum atomic E-state index is -3.68. The number of sulfonamides is 1. The number of ether oxygens (including phenoxy) is 1. The number of nitrogens with zero attached hydrogens (tertiary/aromatic N) is 2. The zero-order valence-corrected chi connectivity index (χ0v) is 18.3. The zero-order valence-electron chi connectivity index (χ0n) is 17.5. The fraction of sp³-hybridized carbons (Fsp3) is 0.478. The number of piperidine rings is 1. The highest BCUT2D eigenvalue weighted by atomic mass is 32.2. The van der Waals surface area contributed by atoms with E-state index in [4.69, 9.17) is 4.74 Å². The first-order valence-corrected chi connectivity index (χ1v) is 11.9. The summed E-state index contributed by atoms with van der Waals surface area (Å²) in [5.41, 5.74) is 2.99. The van der Waals surface area contributed by atoms with Gasteiger partial charge in [-0.15, -0.1) is 0 Å². The van der Waals surface area contributed by atoms with Crippen LogP contribution in [0.25, 0.3) is 0 Å². The number of hydrogen-bond donors (Lipinski definition) is 1. The van der Waals surface area contributed by atoms with E-state index >= 15 is 0 Å². The minimum absolute atomic E-state index is 0.0218. The monoisotopic (exact) mass is 428 g/mol. The molecule has 0 radical (unpaired) electrons. The summed E-state index contributed by atoms with van der Waals surface area (Å²) < 4.78 is 33.8. The van der Waals surface area contributed by atoms with Crippen LogP contribution in [0.15, 0.2) is 47.4 Å². The number of aliphatic hydroxyl groups excluding tert-OH is 1. The standard InChI is InChI=1S/C23H28N2O4S/c1-14-12-24(2)20-11-15-13-25(30(27,28)17-9-7-16(29-3)8-10-17)19-6-4-5-18(21(15)19)22(20)23(14)26/h4-10,14-15,20,22-23,26H,11-13H2,1-3H3/t14-,15-,20-,22-,23-/m1/s1. The Balaban J connectivity index is 1.58. The van der Waals surface area contributed by atoms with Crippen LogP contribution in [0.3, 0.4) is 0 Å². The van der Waals surface area contributed by atoms with Crippen molar-refractivity contribution in [2.75, 3.05) is 31.6 Å². The molecule has 0 saturated carbocycles. The molecule has 2 aromatic rings. The number of fused-ring (bicyclic) bond motifs is 2. The van der Waals surface area contributed by atoms with E-state index < -0.39 is 16.1 Å². The molecule has 2 aliphatic heterocycles. The molecule has 1 saturated heterocycles. The fourth-order valence-electron chi connectivity index (χ4n) is 5.77. The van der Waals surface area contributed by atoms with E-state index in [-0.39, 0.29) is 28.7 Å². The number of rotatable bonds is 3. The first-order chi connectivity index (χ1) is 14.3. The van der Waals surface area contributed by atoms with Crippen molar-refractivity contribution in [1.29, 1.82) is 0 Å². The lowest BCUT2D eigenvalue weighted by atomic mass is 9.67. The van der Waals surface area contributed by atoms with Gasteiger partial charge >= 0.3 is 0 Å². The molecule has 2 aromatic carbocycles. The largest absolute Gasteiger partial charge is 0.497 e. The number of benzene rings is 2. The summed E-state index contributed by atoms with van der Waals surface area (Å²) >= 11 is 0.